The van der Waals surface area contributed by atoms with Crippen molar-refractivity contribution in [3.05, 3.63) is 5.69 Å². The van der Waals surface area contributed by atoms with Gasteiger partial charge >= 0.3 is 0 Å². The molecule has 0 aliphatic carbocycles. The van der Waals surface area contributed by atoms with Gasteiger partial charge in [-0.25, -0.2) is 4.98 Å². The van der Waals surface area contributed by atoms with Gasteiger partial charge in [-0.1, -0.05) is 25.2 Å². The van der Waals surface area contributed by atoms with E-state index in [1.54, 1.807) is 0 Å². The number of nitrogens with zero attached hydrogens (tertiary/aromatic N) is 1. The predicted octanol–water partition coefficient (Wildman–Crippen LogP) is 2.68. The Kier molecular flexibility index (Phi) is 5.95. The van der Waals surface area contributed by atoms with Crippen LogP contribution in [0.25, 0.3) is 0 Å². The van der Waals surface area contributed by atoms with Crippen molar-refractivity contribution in [1.29, 1.82) is 0 Å². The average molecular weight is 287 g/mol. The quantitative estimate of drug-likeness (QED) is 0.789. The molecule has 1 unspecified atom stereocenters. The van der Waals surface area contributed by atoms with Crippen LogP contribution < -0.4 is 11.1 Å². The maximum atomic E-state index is 11.9. The number of aryl methyl sites for hydroxylation is 1. The van der Waals surface area contributed by atoms with E-state index in [0.717, 1.165) is 22.9 Å². The SMILES string of the molecule is Cc1nc(N)sc1SC(C)C(=O)NCCC(C)C. The van der Waals surface area contributed by atoms with Crippen molar-refractivity contribution in [2.24, 2.45) is 5.92 Å². The molecule has 0 aromatic carbocycles. The van der Waals surface area contributed by atoms with Crippen LogP contribution in [0, 0.1) is 12.8 Å². The maximum absolute atomic E-state index is 11.9. The van der Waals surface area contributed by atoms with Crippen LogP contribution in [0.2, 0.25) is 0 Å². The first-order chi connectivity index (χ1) is 8.40. The highest BCUT2D eigenvalue weighted by molar-refractivity contribution is 8.02. The molecular formula is C12H21N3OS2. The number of thiazole rings is 1. The lowest BCUT2D eigenvalue weighted by molar-refractivity contribution is -0.120. The molecule has 102 valence electrons. The van der Waals surface area contributed by atoms with Gasteiger partial charge < -0.3 is 11.1 Å². The molecule has 6 heteroatoms. The third-order valence-corrected chi connectivity index (χ3v) is 4.84. The number of hydrogen-bond acceptors (Lipinski definition) is 5. The van der Waals surface area contributed by atoms with Crippen molar-refractivity contribution in [2.75, 3.05) is 12.3 Å². The van der Waals surface area contributed by atoms with Crippen LogP contribution >= 0.6 is 23.1 Å². The maximum Gasteiger partial charge on any atom is 0.233 e. The van der Waals surface area contributed by atoms with Crippen molar-refractivity contribution in [3.8, 4) is 0 Å². The highest BCUT2D eigenvalue weighted by Crippen LogP contribution is 2.33. The van der Waals surface area contributed by atoms with E-state index in [1.165, 1.54) is 23.1 Å². The molecule has 1 aromatic heterocycles. The van der Waals surface area contributed by atoms with Crippen LogP contribution in [0.5, 0.6) is 0 Å². The van der Waals surface area contributed by atoms with Crippen molar-refractivity contribution >= 4 is 34.1 Å². The predicted molar refractivity (Wildman–Crippen MR) is 79.0 cm³/mol. The van der Waals surface area contributed by atoms with Crippen molar-refractivity contribution in [3.63, 3.8) is 0 Å². The number of amides is 1. The van der Waals surface area contributed by atoms with Crippen LogP contribution in [0.4, 0.5) is 5.13 Å². The number of anilines is 1. The molecule has 0 aliphatic heterocycles. The number of rotatable bonds is 6. The summed E-state index contributed by atoms with van der Waals surface area (Å²) in [6, 6.07) is 0. The molecule has 0 saturated carbocycles. The summed E-state index contributed by atoms with van der Waals surface area (Å²) in [6.07, 6.45) is 1.01. The van der Waals surface area contributed by atoms with Crippen LogP contribution in [0.3, 0.4) is 0 Å². The summed E-state index contributed by atoms with van der Waals surface area (Å²) in [5.74, 6) is 0.684. The minimum atomic E-state index is -0.115. The Hall–Kier alpha value is -0.750. The molecule has 4 nitrogen and oxygen atoms in total. The van der Waals surface area contributed by atoms with Crippen molar-refractivity contribution in [1.82, 2.24) is 10.3 Å². The Morgan fingerprint density at radius 1 is 1.50 bits per heavy atom. The van der Waals surface area contributed by atoms with E-state index in [2.05, 4.69) is 24.1 Å². The van der Waals surface area contributed by atoms with Crippen LogP contribution in [0.15, 0.2) is 4.21 Å². The van der Waals surface area contributed by atoms with E-state index >= 15 is 0 Å². The number of nitrogens with one attached hydrogen (secondary N) is 1. The summed E-state index contributed by atoms with van der Waals surface area (Å²) in [4.78, 5) is 16.0. The molecule has 0 aliphatic rings. The first-order valence-corrected chi connectivity index (χ1v) is 7.77. The fraction of sp³-hybridized carbons (Fsp3) is 0.667. The lowest BCUT2D eigenvalue weighted by atomic mass is 10.1. The fourth-order valence-electron chi connectivity index (χ4n) is 1.35. The van der Waals surface area contributed by atoms with E-state index < -0.39 is 0 Å². The smallest absolute Gasteiger partial charge is 0.233 e. The lowest BCUT2D eigenvalue weighted by Gasteiger charge is -2.12. The Morgan fingerprint density at radius 2 is 2.17 bits per heavy atom. The zero-order valence-corrected chi connectivity index (χ0v) is 13.0. The van der Waals surface area contributed by atoms with Gasteiger partial charge in [0.1, 0.15) is 0 Å². The summed E-state index contributed by atoms with van der Waals surface area (Å²) >= 11 is 2.96. The summed E-state index contributed by atoms with van der Waals surface area (Å²) < 4.78 is 1.03. The van der Waals surface area contributed by atoms with E-state index in [9.17, 15) is 4.79 Å². The van der Waals surface area contributed by atoms with Gasteiger partial charge in [0, 0.05) is 6.54 Å². The second-order valence-corrected chi connectivity index (χ2v) is 7.30. The fourth-order valence-corrected chi connectivity index (χ4v) is 3.53. The Balaban J connectivity index is 2.42. The van der Waals surface area contributed by atoms with Gasteiger partial charge in [-0.3, -0.25) is 4.79 Å². The summed E-state index contributed by atoms with van der Waals surface area (Å²) in [5.41, 5.74) is 6.55. The van der Waals surface area contributed by atoms with Crippen molar-refractivity contribution < 1.29 is 4.79 Å². The molecule has 0 spiro atoms. The number of hydrogen-bond donors (Lipinski definition) is 2. The normalized spacial score (nSPS) is 12.7. The van der Waals surface area contributed by atoms with Gasteiger partial charge in [-0.05, 0) is 26.2 Å². The van der Waals surface area contributed by atoms with Gasteiger partial charge in [0.05, 0.1) is 15.2 Å². The summed E-state index contributed by atoms with van der Waals surface area (Å²) in [7, 11) is 0. The second-order valence-electron chi connectivity index (χ2n) is 4.66. The largest absolute Gasteiger partial charge is 0.375 e. The molecule has 0 bridgehead atoms. The number of thioether (sulfide) groups is 1. The Labute approximate surface area is 117 Å². The van der Waals surface area contributed by atoms with E-state index in [-0.39, 0.29) is 11.2 Å². The highest BCUT2D eigenvalue weighted by Gasteiger charge is 2.17. The molecule has 3 N–H and O–H groups in total. The monoisotopic (exact) mass is 287 g/mol. The topological polar surface area (TPSA) is 68.0 Å². The molecule has 1 heterocycles. The molecular weight excluding hydrogens is 266 g/mol. The Morgan fingerprint density at radius 3 is 2.67 bits per heavy atom. The first kappa shape index (κ1) is 15.3. The molecule has 0 radical (unpaired) electrons. The van der Waals surface area contributed by atoms with Gasteiger partial charge in [0.15, 0.2) is 5.13 Å². The number of aromatic nitrogens is 1. The van der Waals surface area contributed by atoms with E-state index in [0.29, 0.717) is 11.0 Å². The zero-order chi connectivity index (χ0) is 13.7. The Bertz CT molecular complexity index is 404. The molecule has 1 aromatic rings. The number of carbonyl (C=O) groups excluding carboxylic acids is 1. The van der Waals surface area contributed by atoms with E-state index in [1.807, 2.05) is 13.8 Å². The zero-order valence-electron chi connectivity index (χ0n) is 11.3. The highest BCUT2D eigenvalue weighted by atomic mass is 32.2. The summed E-state index contributed by atoms with van der Waals surface area (Å²) in [6.45, 7) is 8.86. The van der Waals surface area contributed by atoms with E-state index in [4.69, 9.17) is 5.73 Å². The lowest BCUT2D eigenvalue weighted by Crippen LogP contribution is -2.32. The third kappa shape index (κ3) is 4.86. The third-order valence-electron chi connectivity index (χ3n) is 2.44. The van der Waals surface area contributed by atoms with Crippen LogP contribution in [-0.2, 0) is 4.79 Å². The molecule has 1 rings (SSSR count). The second kappa shape index (κ2) is 6.99. The molecule has 1 atom stereocenters. The first-order valence-electron chi connectivity index (χ1n) is 6.07. The molecule has 1 amide bonds. The average Bonchev–Trinajstić information content (AvgIpc) is 2.56. The van der Waals surface area contributed by atoms with Crippen molar-refractivity contribution in [2.45, 2.75) is 43.6 Å². The molecule has 0 saturated heterocycles. The van der Waals surface area contributed by atoms with Gasteiger partial charge in [-0.2, -0.15) is 0 Å². The van der Waals surface area contributed by atoms with Gasteiger partial charge in [0.25, 0.3) is 0 Å². The van der Waals surface area contributed by atoms with Gasteiger partial charge in [-0.15, -0.1) is 11.8 Å². The van der Waals surface area contributed by atoms with Gasteiger partial charge in [0.2, 0.25) is 5.91 Å². The molecule has 0 fully saturated rings. The minimum absolute atomic E-state index is 0.0759. The molecule has 18 heavy (non-hydrogen) atoms. The minimum Gasteiger partial charge on any atom is -0.375 e. The summed E-state index contributed by atoms with van der Waals surface area (Å²) in [5, 5.41) is 3.40. The van der Waals surface area contributed by atoms with Crippen LogP contribution in [0.1, 0.15) is 32.9 Å². The standard InChI is InChI=1S/C12H21N3OS2/c1-7(2)5-6-14-10(16)9(4)17-11-8(3)15-12(13)18-11/h7,9H,5-6H2,1-4H3,(H2,13,15)(H,14,16). The number of nitrogens with two attached hydrogens (primary N) is 1. The number of carbonyl (C=O) groups is 1. The number of nitrogen functional groups attached to an aromatic ring is 1. The van der Waals surface area contributed by atoms with Crippen LogP contribution in [-0.4, -0.2) is 22.7 Å².